The zero-order chi connectivity index (χ0) is 9.30. The maximum atomic E-state index is 9.24. The molecule has 0 saturated heterocycles. The lowest BCUT2D eigenvalue weighted by Crippen LogP contribution is -2.32. The van der Waals surface area contributed by atoms with Crippen LogP contribution in [0.25, 0.3) is 0 Å². The molecule has 0 bridgehead atoms. The van der Waals surface area contributed by atoms with Crippen LogP contribution in [-0.2, 0) is 0 Å². The van der Waals surface area contributed by atoms with Crippen molar-refractivity contribution < 1.29 is 15.2 Å². The first-order valence-electron chi connectivity index (χ1n) is 3.68. The molecule has 0 unspecified atom stereocenters. The standard InChI is InChI=1S/C8H11BO3/c1-5-4-8(10)6(2)3-7(5)9(11)12/h3-4,10-12H,1-2H3. The van der Waals surface area contributed by atoms with E-state index >= 15 is 0 Å². The van der Waals surface area contributed by atoms with Gasteiger partial charge in [-0.2, -0.15) is 0 Å². The van der Waals surface area contributed by atoms with Crippen LogP contribution in [0.2, 0.25) is 0 Å². The third kappa shape index (κ3) is 1.60. The van der Waals surface area contributed by atoms with E-state index in [0.29, 0.717) is 16.6 Å². The first-order valence-corrected chi connectivity index (χ1v) is 3.68. The van der Waals surface area contributed by atoms with Gasteiger partial charge in [-0.3, -0.25) is 0 Å². The first kappa shape index (κ1) is 9.10. The minimum Gasteiger partial charge on any atom is -0.508 e. The highest BCUT2D eigenvalue weighted by Crippen LogP contribution is 2.15. The fourth-order valence-corrected chi connectivity index (χ4v) is 1.10. The predicted octanol–water partition coefficient (Wildman–Crippen LogP) is -0.311. The van der Waals surface area contributed by atoms with Gasteiger partial charge in [0.2, 0.25) is 0 Å². The number of phenolic OH excluding ortho intramolecular Hbond substituents is 1. The number of hydrogen-bond donors (Lipinski definition) is 3. The maximum Gasteiger partial charge on any atom is 0.488 e. The SMILES string of the molecule is Cc1cc(B(O)O)c(C)cc1O. The van der Waals surface area contributed by atoms with Gasteiger partial charge in [0.05, 0.1) is 0 Å². The number of rotatable bonds is 1. The predicted molar refractivity (Wildman–Crippen MR) is 47.4 cm³/mol. The van der Waals surface area contributed by atoms with Crippen molar-refractivity contribution in [3.8, 4) is 5.75 Å². The van der Waals surface area contributed by atoms with E-state index in [-0.39, 0.29) is 5.75 Å². The van der Waals surface area contributed by atoms with Crippen molar-refractivity contribution in [3.63, 3.8) is 0 Å². The molecule has 0 spiro atoms. The molecule has 12 heavy (non-hydrogen) atoms. The Bertz CT molecular complexity index is 297. The summed E-state index contributed by atoms with van der Waals surface area (Å²) in [5.74, 6) is 0.178. The molecule has 1 aromatic carbocycles. The minimum absolute atomic E-state index is 0.178. The molecule has 3 N–H and O–H groups in total. The summed E-state index contributed by atoms with van der Waals surface area (Å²) in [7, 11) is -1.47. The highest BCUT2D eigenvalue weighted by molar-refractivity contribution is 6.59. The zero-order valence-corrected chi connectivity index (χ0v) is 7.07. The molecule has 0 amide bonds. The highest BCUT2D eigenvalue weighted by Gasteiger charge is 2.14. The molecule has 0 aromatic heterocycles. The number of aromatic hydroxyl groups is 1. The Morgan fingerprint density at radius 2 is 1.67 bits per heavy atom. The molecule has 0 aliphatic heterocycles. The average Bonchev–Trinajstić information content (AvgIpc) is 1.96. The van der Waals surface area contributed by atoms with Crippen molar-refractivity contribution in [3.05, 3.63) is 23.3 Å². The first-order chi connectivity index (χ1) is 5.52. The van der Waals surface area contributed by atoms with E-state index in [1.165, 1.54) is 6.07 Å². The normalized spacial score (nSPS) is 10.0. The summed E-state index contributed by atoms with van der Waals surface area (Å²) in [5.41, 5.74) is 1.75. The van der Waals surface area contributed by atoms with Crippen LogP contribution in [0, 0.1) is 13.8 Å². The van der Waals surface area contributed by atoms with E-state index in [4.69, 9.17) is 10.0 Å². The van der Waals surface area contributed by atoms with Gasteiger partial charge in [-0.1, -0.05) is 6.07 Å². The van der Waals surface area contributed by atoms with Crippen molar-refractivity contribution >= 4 is 12.6 Å². The number of phenols is 1. The highest BCUT2D eigenvalue weighted by atomic mass is 16.4. The summed E-state index contributed by atoms with van der Waals surface area (Å²) >= 11 is 0. The Balaban J connectivity index is 3.23. The van der Waals surface area contributed by atoms with Crippen molar-refractivity contribution in [1.82, 2.24) is 0 Å². The largest absolute Gasteiger partial charge is 0.508 e. The van der Waals surface area contributed by atoms with Crippen LogP contribution in [0.5, 0.6) is 5.75 Å². The Labute approximate surface area is 71.4 Å². The van der Waals surface area contributed by atoms with Gasteiger partial charge >= 0.3 is 7.12 Å². The lowest BCUT2D eigenvalue weighted by Gasteiger charge is -2.07. The summed E-state index contributed by atoms with van der Waals surface area (Å²) in [6.45, 7) is 3.43. The quantitative estimate of drug-likeness (QED) is 0.501. The molecule has 4 heteroatoms. The monoisotopic (exact) mass is 166 g/mol. The van der Waals surface area contributed by atoms with Gasteiger partial charge in [-0.05, 0) is 36.5 Å². The average molecular weight is 166 g/mol. The van der Waals surface area contributed by atoms with Crippen molar-refractivity contribution in [2.24, 2.45) is 0 Å². The molecule has 3 nitrogen and oxygen atoms in total. The molecule has 0 aliphatic carbocycles. The maximum absolute atomic E-state index is 9.24. The fraction of sp³-hybridized carbons (Fsp3) is 0.250. The number of benzene rings is 1. The van der Waals surface area contributed by atoms with Crippen molar-refractivity contribution in [1.29, 1.82) is 0 Å². The molecule has 0 heterocycles. The van der Waals surface area contributed by atoms with Crippen LogP contribution >= 0.6 is 0 Å². The summed E-state index contributed by atoms with van der Waals surface area (Å²) in [5, 5.41) is 27.0. The van der Waals surface area contributed by atoms with Gasteiger partial charge in [0.15, 0.2) is 0 Å². The Morgan fingerprint density at radius 1 is 1.08 bits per heavy atom. The molecule has 1 rings (SSSR count). The van der Waals surface area contributed by atoms with Crippen LogP contribution in [0.15, 0.2) is 12.1 Å². The zero-order valence-electron chi connectivity index (χ0n) is 7.07. The van der Waals surface area contributed by atoms with Gasteiger partial charge in [0.1, 0.15) is 5.75 Å². The second-order valence-corrected chi connectivity index (χ2v) is 2.87. The number of aryl methyl sites for hydroxylation is 2. The van der Waals surface area contributed by atoms with Crippen LogP contribution in [0.1, 0.15) is 11.1 Å². The summed E-state index contributed by atoms with van der Waals surface area (Å²) in [6.07, 6.45) is 0. The topological polar surface area (TPSA) is 60.7 Å². The second kappa shape index (κ2) is 3.17. The molecule has 0 aliphatic rings. The number of hydrogen-bond acceptors (Lipinski definition) is 3. The molecule has 0 saturated carbocycles. The molecule has 0 radical (unpaired) electrons. The van der Waals surface area contributed by atoms with Gasteiger partial charge in [0.25, 0.3) is 0 Å². The summed E-state index contributed by atoms with van der Waals surface area (Å²) in [4.78, 5) is 0. The summed E-state index contributed by atoms with van der Waals surface area (Å²) in [6, 6.07) is 3.08. The van der Waals surface area contributed by atoms with E-state index in [1.807, 2.05) is 0 Å². The molecular formula is C8H11BO3. The van der Waals surface area contributed by atoms with Gasteiger partial charge in [-0.15, -0.1) is 0 Å². The third-order valence-corrected chi connectivity index (χ3v) is 1.86. The van der Waals surface area contributed by atoms with E-state index in [0.717, 1.165) is 0 Å². The van der Waals surface area contributed by atoms with Gasteiger partial charge in [0, 0.05) is 0 Å². The van der Waals surface area contributed by atoms with Gasteiger partial charge < -0.3 is 15.2 Å². The van der Waals surface area contributed by atoms with E-state index in [9.17, 15) is 5.11 Å². The minimum atomic E-state index is -1.47. The van der Waals surface area contributed by atoms with Gasteiger partial charge in [-0.25, -0.2) is 0 Å². The Kier molecular flexibility index (Phi) is 2.40. The lowest BCUT2D eigenvalue weighted by molar-refractivity contribution is 0.425. The van der Waals surface area contributed by atoms with E-state index in [1.54, 1.807) is 19.9 Å². The fourth-order valence-electron chi connectivity index (χ4n) is 1.10. The van der Waals surface area contributed by atoms with Crippen molar-refractivity contribution in [2.75, 3.05) is 0 Å². The third-order valence-electron chi connectivity index (χ3n) is 1.86. The second-order valence-electron chi connectivity index (χ2n) is 2.87. The summed E-state index contributed by atoms with van der Waals surface area (Å²) < 4.78 is 0. The van der Waals surface area contributed by atoms with Crippen LogP contribution in [0.3, 0.4) is 0 Å². The molecule has 64 valence electrons. The van der Waals surface area contributed by atoms with Crippen LogP contribution in [-0.4, -0.2) is 22.3 Å². The van der Waals surface area contributed by atoms with E-state index < -0.39 is 7.12 Å². The van der Waals surface area contributed by atoms with E-state index in [2.05, 4.69) is 0 Å². The lowest BCUT2D eigenvalue weighted by atomic mass is 9.76. The smallest absolute Gasteiger partial charge is 0.488 e. The molecule has 1 aromatic rings. The Hall–Kier alpha value is -0.995. The molecular weight excluding hydrogens is 155 g/mol. The van der Waals surface area contributed by atoms with Crippen LogP contribution < -0.4 is 5.46 Å². The Morgan fingerprint density at radius 3 is 2.17 bits per heavy atom. The molecule has 0 fully saturated rings. The van der Waals surface area contributed by atoms with Crippen molar-refractivity contribution in [2.45, 2.75) is 13.8 Å². The molecule has 0 atom stereocenters. The van der Waals surface area contributed by atoms with Crippen LogP contribution in [0.4, 0.5) is 0 Å².